The van der Waals surface area contributed by atoms with Gasteiger partial charge >= 0.3 is 0 Å². The van der Waals surface area contributed by atoms with Crippen molar-refractivity contribution in [3.63, 3.8) is 0 Å². The fourth-order valence-corrected chi connectivity index (χ4v) is 3.12. The van der Waals surface area contributed by atoms with E-state index in [1.54, 1.807) is 0 Å². The standard InChI is InChI=1S/C17H35Cl.C6H6/c1-3-5-7-8-9-10-11-12-13-14-16-17(18)15-6-4-2;1-2-4-6-5-3-1/h17H,3-16H2,1-2H3;1-6H. The van der Waals surface area contributed by atoms with Crippen LogP contribution in [0.3, 0.4) is 0 Å². The fourth-order valence-electron chi connectivity index (χ4n) is 2.81. The summed E-state index contributed by atoms with van der Waals surface area (Å²) in [5.41, 5.74) is 0. The molecule has 1 atom stereocenters. The van der Waals surface area contributed by atoms with Gasteiger partial charge in [-0.25, -0.2) is 0 Å². The van der Waals surface area contributed by atoms with Gasteiger partial charge in [-0.2, -0.15) is 0 Å². The van der Waals surface area contributed by atoms with Crippen molar-refractivity contribution >= 4 is 11.6 Å². The molecule has 0 saturated heterocycles. The number of hydrogen-bond donors (Lipinski definition) is 0. The molecule has 0 N–H and O–H groups in total. The van der Waals surface area contributed by atoms with Crippen LogP contribution < -0.4 is 0 Å². The molecule has 0 bridgehead atoms. The van der Waals surface area contributed by atoms with E-state index in [-0.39, 0.29) is 0 Å². The van der Waals surface area contributed by atoms with Crippen molar-refractivity contribution in [3.05, 3.63) is 36.4 Å². The van der Waals surface area contributed by atoms with Crippen molar-refractivity contribution < 1.29 is 0 Å². The topological polar surface area (TPSA) is 0 Å². The first kappa shape index (κ1) is 23.5. The van der Waals surface area contributed by atoms with Crippen molar-refractivity contribution in [1.29, 1.82) is 0 Å². The Morgan fingerprint density at radius 2 is 0.833 bits per heavy atom. The molecule has 1 aromatic carbocycles. The van der Waals surface area contributed by atoms with Gasteiger partial charge in [-0.15, -0.1) is 11.6 Å². The minimum Gasteiger partial charge on any atom is -0.123 e. The number of hydrogen-bond acceptors (Lipinski definition) is 0. The van der Waals surface area contributed by atoms with Crippen molar-refractivity contribution in [2.75, 3.05) is 0 Å². The summed E-state index contributed by atoms with van der Waals surface area (Å²) >= 11 is 6.27. The molecule has 0 saturated carbocycles. The van der Waals surface area contributed by atoms with Gasteiger partial charge in [0.15, 0.2) is 0 Å². The number of unbranched alkanes of at least 4 members (excludes halogenated alkanes) is 10. The molecule has 0 radical (unpaired) electrons. The van der Waals surface area contributed by atoms with Crippen LogP contribution in [-0.4, -0.2) is 5.38 Å². The average molecular weight is 353 g/mol. The van der Waals surface area contributed by atoms with Crippen LogP contribution in [0.15, 0.2) is 36.4 Å². The van der Waals surface area contributed by atoms with Crippen LogP contribution in [-0.2, 0) is 0 Å². The van der Waals surface area contributed by atoms with Crippen molar-refractivity contribution in [1.82, 2.24) is 0 Å². The van der Waals surface area contributed by atoms with Gasteiger partial charge in [0.05, 0.1) is 0 Å². The van der Waals surface area contributed by atoms with Gasteiger partial charge < -0.3 is 0 Å². The third-order valence-electron chi connectivity index (χ3n) is 4.41. The Kier molecular flexibility index (Phi) is 20.1. The molecular formula is C23H41Cl. The number of halogens is 1. The quantitative estimate of drug-likeness (QED) is 0.232. The first-order valence-corrected chi connectivity index (χ1v) is 10.9. The predicted molar refractivity (Wildman–Crippen MR) is 112 cm³/mol. The maximum atomic E-state index is 6.27. The Labute approximate surface area is 157 Å². The van der Waals surface area contributed by atoms with Gasteiger partial charge in [-0.05, 0) is 12.8 Å². The molecule has 0 aromatic heterocycles. The molecule has 0 aliphatic rings. The third-order valence-corrected chi connectivity index (χ3v) is 4.84. The predicted octanol–water partition coefficient (Wildman–Crippen LogP) is 8.78. The molecule has 140 valence electrons. The van der Waals surface area contributed by atoms with Gasteiger partial charge in [0, 0.05) is 5.38 Å². The van der Waals surface area contributed by atoms with Crippen LogP contribution in [0.4, 0.5) is 0 Å². The zero-order valence-electron chi connectivity index (χ0n) is 16.3. The second-order valence-electron chi connectivity index (χ2n) is 6.86. The Morgan fingerprint density at radius 3 is 1.25 bits per heavy atom. The number of rotatable bonds is 14. The minimum atomic E-state index is 0.444. The maximum Gasteiger partial charge on any atom is 0.0336 e. The van der Waals surface area contributed by atoms with E-state index in [0.717, 1.165) is 0 Å². The van der Waals surface area contributed by atoms with Crippen LogP contribution in [0.1, 0.15) is 104 Å². The van der Waals surface area contributed by atoms with E-state index >= 15 is 0 Å². The van der Waals surface area contributed by atoms with E-state index in [2.05, 4.69) is 13.8 Å². The summed E-state index contributed by atoms with van der Waals surface area (Å²) < 4.78 is 0. The Bertz CT molecular complexity index is 282. The van der Waals surface area contributed by atoms with Crippen molar-refractivity contribution in [3.8, 4) is 0 Å². The second-order valence-corrected chi connectivity index (χ2v) is 7.48. The summed E-state index contributed by atoms with van der Waals surface area (Å²) in [6, 6.07) is 12.0. The normalized spacial score (nSPS) is 11.6. The van der Waals surface area contributed by atoms with Crippen LogP contribution in [0.2, 0.25) is 0 Å². The van der Waals surface area contributed by atoms with E-state index in [4.69, 9.17) is 11.6 Å². The lowest BCUT2D eigenvalue weighted by molar-refractivity contribution is 0.537. The van der Waals surface area contributed by atoms with Gasteiger partial charge in [0.25, 0.3) is 0 Å². The Morgan fingerprint density at radius 1 is 0.500 bits per heavy atom. The SMILES string of the molecule is CCCCCCCCCCCCC(Cl)CCCC.c1ccccc1. The van der Waals surface area contributed by atoms with Crippen LogP contribution in [0, 0.1) is 0 Å². The monoisotopic (exact) mass is 352 g/mol. The molecular weight excluding hydrogens is 312 g/mol. The van der Waals surface area contributed by atoms with Gasteiger partial charge in [-0.1, -0.05) is 127 Å². The highest BCUT2D eigenvalue weighted by Gasteiger charge is 2.02. The largest absolute Gasteiger partial charge is 0.123 e. The lowest BCUT2D eigenvalue weighted by Crippen LogP contribution is -1.97. The Hall–Kier alpha value is -0.490. The summed E-state index contributed by atoms with van der Waals surface area (Å²) in [5.74, 6) is 0. The molecule has 1 rings (SSSR count). The Balaban J connectivity index is 0.000000728. The highest BCUT2D eigenvalue weighted by Crippen LogP contribution is 2.17. The van der Waals surface area contributed by atoms with Crippen LogP contribution >= 0.6 is 11.6 Å². The molecule has 0 amide bonds. The lowest BCUT2D eigenvalue weighted by Gasteiger charge is -2.08. The highest BCUT2D eigenvalue weighted by molar-refractivity contribution is 6.20. The van der Waals surface area contributed by atoms with Gasteiger partial charge in [0.1, 0.15) is 0 Å². The molecule has 0 aliphatic carbocycles. The zero-order valence-corrected chi connectivity index (χ0v) is 17.1. The molecule has 0 heterocycles. The van der Waals surface area contributed by atoms with E-state index in [0.29, 0.717) is 5.38 Å². The third kappa shape index (κ3) is 19.6. The molecule has 0 aliphatic heterocycles. The molecule has 1 heteroatoms. The van der Waals surface area contributed by atoms with Gasteiger partial charge in [-0.3, -0.25) is 0 Å². The summed E-state index contributed by atoms with van der Waals surface area (Å²) in [5, 5.41) is 0.444. The van der Waals surface area contributed by atoms with Gasteiger partial charge in [0.2, 0.25) is 0 Å². The summed E-state index contributed by atoms with van der Waals surface area (Å²) in [7, 11) is 0. The molecule has 0 fully saturated rings. The summed E-state index contributed by atoms with van der Waals surface area (Å²) in [6.45, 7) is 4.52. The lowest BCUT2D eigenvalue weighted by atomic mass is 10.0. The van der Waals surface area contributed by atoms with E-state index in [9.17, 15) is 0 Å². The second kappa shape index (κ2) is 20.6. The van der Waals surface area contributed by atoms with Crippen LogP contribution in [0.5, 0.6) is 0 Å². The van der Waals surface area contributed by atoms with Crippen LogP contribution in [0.25, 0.3) is 0 Å². The molecule has 1 aromatic rings. The molecule has 0 nitrogen and oxygen atoms in total. The highest BCUT2D eigenvalue weighted by atomic mass is 35.5. The fraction of sp³-hybridized carbons (Fsp3) is 0.739. The average Bonchev–Trinajstić information content (AvgIpc) is 2.63. The summed E-state index contributed by atoms with van der Waals surface area (Å²) in [6.07, 6.45) is 19.2. The van der Waals surface area contributed by atoms with E-state index in [1.165, 1.54) is 89.9 Å². The smallest absolute Gasteiger partial charge is 0.0336 e. The first-order valence-electron chi connectivity index (χ1n) is 10.4. The molecule has 24 heavy (non-hydrogen) atoms. The maximum absolute atomic E-state index is 6.27. The first-order chi connectivity index (χ1) is 11.8. The molecule has 1 unspecified atom stereocenters. The molecule has 0 spiro atoms. The van der Waals surface area contributed by atoms with E-state index < -0.39 is 0 Å². The number of benzene rings is 1. The number of alkyl halides is 1. The van der Waals surface area contributed by atoms with Crippen molar-refractivity contribution in [2.24, 2.45) is 0 Å². The minimum absolute atomic E-state index is 0.444. The zero-order chi connectivity index (χ0) is 17.7. The summed E-state index contributed by atoms with van der Waals surface area (Å²) in [4.78, 5) is 0. The van der Waals surface area contributed by atoms with E-state index in [1.807, 2.05) is 36.4 Å². The van der Waals surface area contributed by atoms with Crippen molar-refractivity contribution in [2.45, 2.75) is 109 Å².